The van der Waals surface area contributed by atoms with Crippen LogP contribution in [-0.4, -0.2) is 81.3 Å². The fourth-order valence-corrected chi connectivity index (χ4v) is 7.85. The first-order valence-corrected chi connectivity index (χ1v) is 14.8. The number of hydrogen-bond donors (Lipinski definition) is 1. The lowest BCUT2D eigenvalue weighted by molar-refractivity contribution is -0.163. The topological polar surface area (TPSA) is 96.4 Å². The molecule has 3 aliphatic heterocycles. The van der Waals surface area contributed by atoms with E-state index in [2.05, 4.69) is 33.9 Å². The van der Waals surface area contributed by atoms with E-state index >= 15 is 0 Å². The molecular formula is C32H52N2O6. The Morgan fingerprint density at radius 2 is 1.85 bits per heavy atom. The molecule has 3 heterocycles. The minimum Gasteiger partial charge on any atom is -0.465 e. The monoisotopic (exact) mass is 560 g/mol. The predicted octanol–water partition coefficient (Wildman–Crippen LogP) is 4.51. The molecule has 0 aliphatic carbocycles. The molecule has 3 aliphatic rings. The van der Waals surface area contributed by atoms with Gasteiger partial charge in [-0.25, -0.2) is 0 Å². The molecule has 226 valence electrons. The van der Waals surface area contributed by atoms with Gasteiger partial charge in [0.1, 0.15) is 17.6 Å². The summed E-state index contributed by atoms with van der Waals surface area (Å²) in [5.74, 6) is -2.51. The second-order valence-electron chi connectivity index (χ2n) is 14.5. The second kappa shape index (κ2) is 11.6. The Morgan fingerprint density at radius 3 is 2.38 bits per heavy atom. The van der Waals surface area contributed by atoms with E-state index in [1.54, 1.807) is 17.1 Å². The van der Waals surface area contributed by atoms with Crippen LogP contribution in [0.1, 0.15) is 87.5 Å². The molecule has 40 heavy (non-hydrogen) atoms. The van der Waals surface area contributed by atoms with Crippen LogP contribution >= 0.6 is 0 Å². The molecule has 3 fully saturated rings. The number of carbonyl (C=O) groups is 3. The summed E-state index contributed by atoms with van der Waals surface area (Å²) >= 11 is 0. The van der Waals surface area contributed by atoms with Crippen LogP contribution in [0.4, 0.5) is 0 Å². The van der Waals surface area contributed by atoms with Crippen LogP contribution < -0.4 is 0 Å². The summed E-state index contributed by atoms with van der Waals surface area (Å²) in [6, 6.07) is -1.54. The Labute approximate surface area is 241 Å². The summed E-state index contributed by atoms with van der Waals surface area (Å²) < 4.78 is 12.3. The molecule has 3 saturated heterocycles. The van der Waals surface area contributed by atoms with E-state index in [4.69, 9.17) is 9.47 Å². The molecule has 2 bridgehead atoms. The lowest BCUT2D eigenvalue weighted by Crippen LogP contribution is -2.62. The molecule has 1 spiro atoms. The van der Waals surface area contributed by atoms with Crippen molar-refractivity contribution in [2.75, 3.05) is 19.8 Å². The number of fused-ring (bicyclic) bond motifs is 1. The normalized spacial score (nSPS) is 30.4. The summed E-state index contributed by atoms with van der Waals surface area (Å²) in [4.78, 5) is 46.2. The summed E-state index contributed by atoms with van der Waals surface area (Å²) in [7, 11) is 0. The number of ether oxygens (including phenoxy) is 2. The SMILES string of the molecule is C=CCCOC(=O)[C@H]1[C@H]2C(=O)N([C@@H](CO)CC(C)C)C(C(=O)N(CC=C)C(C)(C)CC(C)(C)C)C23CC[C@]1(C)O3. The number of likely N-dealkylation sites (tertiary alicyclic amines) is 1. The standard InChI is InChI=1S/C32H52N2O6/c1-11-13-17-39-28(38)24-23-26(36)34(22(19-35)18-21(3)4)25(32(23)15-14-31(24,10)40-32)27(37)33(16-12-2)30(8,9)20-29(5,6)7/h11-12,21-25,35H,1-2,13-20H2,3-10H3/t22-,23+,24-,25?,31+,32?/m1/s1. The Bertz CT molecular complexity index is 1000. The number of hydrogen-bond acceptors (Lipinski definition) is 6. The summed E-state index contributed by atoms with van der Waals surface area (Å²) in [5, 5.41) is 10.5. The van der Waals surface area contributed by atoms with E-state index in [0.29, 0.717) is 32.2 Å². The van der Waals surface area contributed by atoms with Crippen LogP contribution in [-0.2, 0) is 23.9 Å². The van der Waals surface area contributed by atoms with Gasteiger partial charge in [-0.2, -0.15) is 0 Å². The molecule has 8 nitrogen and oxygen atoms in total. The zero-order chi connectivity index (χ0) is 30.3. The van der Waals surface area contributed by atoms with E-state index in [1.807, 2.05) is 39.5 Å². The van der Waals surface area contributed by atoms with Crippen LogP contribution in [0.3, 0.4) is 0 Å². The third-order valence-electron chi connectivity index (χ3n) is 8.89. The molecule has 6 atom stereocenters. The van der Waals surface area contributed by atoms with Crippen molar-refractivity contribution in [3.05, 3.63) is 25.3 Å². The molecule has 0 aromatic carbocycles. The quantitative estimate of drug-likeness (QED) is 0.202. The maximum atomic E-state index is 14.8. The van der Waals surface area contributed by atoms with E-state index in [0.717, 1.165) is 6.42 Å². The number of carbonyl (C=O) groups excluding carboxylic acids is 3. The van der Waals surface area contributed by atoms with Crippen LogP contribution in [0.2, 0.25) is 0 Å². The van der Waals surface area contributed by atoms with Gasteiger partial charge in [0.25, 0.3) is 0 Å². The molecule has 0 saturated carbocycles. The fraction of sp³-hybridized carbons (Fsp3) is 0.781. The minimum atomic E-state index is -1.17. The van der Waals surface area contributed by atoms with Gasteiger partial charge in [-0.15, -0.1) is 13.2 Å². The number of aliphatic hydroxyl groups excluding tert-OH is 1. The van der Waals surface area contributed by atoms with Crippen LogP contribution in [0.25, 0.3) is 0 Å². The van der Waals surface area contributed by atoms with Crippen molar-refractivity contribution < 1.29 is 29.0 Å². The van der Waals surface area contributed by atoms with Crippen molar-refractivity contribution in [3.8, 4) is 0 Å². The van der Waals surface area contributed by atoms with E-state index in [9.17, 15) is 19.5 Å². The van der Waals surface area contributed by atoms with Crippen molar-refractivity contribution in [2.24, 2.45) is 23.2 Å². The first kappa shape index (κ1) is 32.3. The minimum absolute atomic E-state index is 0.0590. The zero-order valence-corrected chi connectivity index (χ0v) is 26.0. The molecule has 0 radical (unpaired) electrons. The van der Waals surface area contributed by atoms with Crippen molar-refractivity contribution in [1.29, 1.82) is 0 Å². The lowest BCUT2D eigenvalue weighted by atomic mass is 9.66. The molecule has 0 aromatic heterocycles. The molecule has 2 unspecified atom stereocenters. The van der Waals surface area contributed by atoms with Gasteiger partial charge in [0, 0.05) is 12.1 Å². The molecular weight excluding hydrogens is 508 g/mol. The van der Waals surface area contributed by atoms with Crippen LogP contribution in [0, 0.1) is 23.2 Å². The number of esters is 1. The summed E-state index contributed by atoms with van der Waals surface area (Å²) in [5.41, 5.74) is -2.69. The second-order valence-corrected chi connectivity index (χ2v) is 14.5. The first-order chi connectivity index (χ1) is 18.5. The van der Waals surface area contributed by atoms with Crippen molar-refractivity contribution in [1.82, 2.24) is 9.80 Å². The number of amides is 2. The number of nitrogens with zero attached hydrogens (tertiary/aromatic N) is 2. The summed E-state index contributed by atoms with van der Waals surface area (Å²) in [6.45, 7) is 24.2. The Hall–Kier alpha value is -2.19. The molecule has 0 aromatic rings. The average Bonchev–Trinajstić information content (AvgIpc) is 3.39. The van der Waals surface area contributed by atoms with E-state index in [1.165, 1.54) is 0 Å². The lowest BCUT2D eigenvalue weighted by Gasteiger charge is -2.46. The highest BCUT2D eigenvalue weighted by Crippen LogP contribution is 2.64. The number of rotatable bonds is 13. The largest absolute Gasteiger partial charge is 0.465 e. The fourth-order valence-electron chi connectivity index (χ4n) is 7.85. The van der Waals surface area contributed by atoms with Gasteiger partial charge in [-0.05, 0) is 64.2 Å². The van der Waals surface area contributed by atoms with Crippen molar-refractivity contribution in [3.63, 3.8) is 0 Å². The smallest absolute Gasteiger partial charge is 0.312 e. The van der Waals surface area contributed by atoms with Gasteiger partial charge in [-0.1, -0.05) is 46.8 Å². The van der Waals surface area contributed by atoms with Crippen molar-refractivity contribution >= 4 is 17.8 Å². The highest BCUT2D eigenvalue weighted by molar-refractivity contribution is 5.99. The predicted molar refractivity (Wildman–Crippen MR) is 155 cm³/mol. The number of aliphatic hydroxyl groups is 1. The molecule has 2 amide bonds. The van der Waals surface area contributed by atoms with Crippen LogP contribution in [0.15, 0.2) is 25.3 Å². The zero-order valence-electron chi connectivity index (χ0n) is 26.0. The highest BCUT2D eigenvalue weighted by atomic mass is 16.6. The van der Waals surface area contributed by atoms with E-state index < -0.39 is 46.6 Å². The van der Waals surface area contributed by atoms with Gasteiger partial charge in [-0.3, -0.25) is 14.4 Å². The Morgan fingerprint density at radius 1 is 1.20 bits per heavy atom. The summed E-state index contributed by atoms with van der Waals surface area (Å²) in [6.07, 6.45) is 6.16. The Balaban J connectivity index is 2.15. The maximum Gasteiger partial charge on any atom is 0.312 e. The van der Waals surface area contributed by atoms with Gasteiger partial charge in [0.05, 0.1) is 30.8 Å². The van der Waals surface area contributed by atoms with Gasteiger partial charge in [0.2, 0.25) is 11.8 Å². The van der Waals surface area contributed by atoms with Crippen molar-refractivity contribution in [2.45, 2.75) is 116 Å². The molecule has 8 heteroatoms. The average molecular weight is 561 g/mol. The van der Waals surface area contributed by atoms with Gasteiger partial charge in [0.15, 0.2) is 0 Å². The first-order valence-electron chi connectivity index (χ1n) is 14.8. The third-order valence-corrected chi connectivity index (χ3v) is 8.89. The molecule has 1 N–H and O–H groups in total. The maximum absolute atomic E-state index is 14.8. The van der Waals surface area contributed by atoms with Gasteiger partial charge >= 0.3 is 5.97 Å². The Kier molecular flexibility index (Phi) is 9.37. The van der Waals surface area contributed by atoms with E-state index in [-0.39, 0.29) is 36.4 Å². The highest BCUT2D eigenvalue weighted by Gasteiger charge is 2.79. The third kappa shape index (κ3) is 5.76. The van der Waals surface area contributed by atoms with Crippen LogP contribution in [0.5, 0.6) is 0 Å². The van der Waals surface area contributed by atoms with Gasteiger partial charge < -0.3 is 24.4 Å². The molecule has 3 rings (SSSR count).